The zero-order valence-corrected chi connectivity index (χ0v) is 13.3. The predicted octanol–water partition coefficient (Wildman–Crippen LogP) is 3.25. The Morgan fingerprint density at radius 2 is 2.13 bits per heavy atom. The largest absolute Gasteiger partial charge is 0.471 e. The third-order valence-corrected chi connectivity index (χ3v) is 3.67. The average molecular weight is 327 g/mol. The van der Waals surface area contributed by atoms with Gasteiger partial charge in [0.1, 0.15) is 0 Å². The lowest BCUT2D eigenvalue weighted by molar-refractivity contribution is -0.0242. The number of amides is 2. The predicted molar refractivity (Wildman–Crippen MR) is 82.6 cm³/mol. The molecule has 1 aromatic rings. The van der Waals surface area contributed by atoms with E-state index in [-0.39, 0.29) is 18.0 Å². The number of nitrogens with one attached hydrogen (secondary N) is 2. The Morgan fingerprint density at radius 1 is 1.39 bits per heavy atom. The molecule has 0 spiro atoms. The van der Waals surface area contributed by atoms with E-state index in [1.54, 1.807) is 12.1 Å². The van der Waals surface area contributed by atoms with Gasteiger partial charge in [-0.1, -0.05) is 19.3 Å². The second kappa shape index (κ2) is 8.08. The molecule has 2 amide bonds. The molecule has 0 bridgehead atoms. The lowest BCUT2D eigenvalue weighted by Gasteiger charge is -2.22. The maximum Gasteiger partial charge on any atom is 0.315 e. The van der Waals surface area contributed by atoms with Gasteiger partial charge in [0, 0.05) is 31.8 Å². The Kier molecular flexibility index (Phi) is 6.12. The molecule has 5 nitrogen and oxygen atoms in total. The summed E-state index contributed by atoms with van der Waals surface area (Å²) in [7, 11) is 0. The van der Waals surface area contributed by atoms with Crippen molar-refractivity contribution in [3.63, 3.8) is 0 Å². The molecule has 2 N–H and O–H groups in total. The highest BCUT2D eigenvalue weighted by atomic mass is 19.3. The second-order valence-corrected chi connectivity index (χ2v) is 6.02. The third-order valence-electron chi connectivity index (χ3n) is 3.67. The van der Waals surface area contributed by atoms with E-state index in [0.29, 0.717) is 6.54 Å². The number of urea groups is 1. The van der Waals surface area contributed by atoms with Gasteiger partial charge in [-0.25, -0.2) is 18.6 Å². The van der Waals surface area contributed by atoms with Crippen molar-refractivity contribution in [3.05, 3.63) is 23.9 Å². The molecular weight excluding hydrogens is 304 g/mol. The molecule has 0 atom stereocenters. The highest BCUT2D eigenvalue weighted by Gasteiger charge is 2.22. The van der Waals surface area contributed by atoms with E-state index in [1.807, 2.05) is 0 Å². The molecule has 1 aliphatic rings. The van der Waals surface area contributed by atoms with Crippen LogP contribution in [0.2, 0.25) is 0 Å². The maximum absolute atomic E-state index is 12.8. The number of nitrogens with zero attached hydrogens (tertiary/aromatic N) is 1. The number of pyridine rings is 1. The normalized spacial score (nSPS) is 16.0. The van der Waals surface area contributed by atoms with E-state index in [1.165, 1.54) is 12.6 Å². The number of carbonyl (C=O) groups excluding carboxylic acids is 1. The summed E-state index contributed by atoms with van der Waals surface area (Å²) >= 11 is 0. The number of aromatic nitrogens is 1. The van der Waals surface area contributed by atoms with Crippen LogP contribution in [0.5, 0.6) is 5.88 Å². The maximum atomic E-state index is 12.8. The fourth-order valence-electron chi connectivity index (χ4n) is 2.51. The summed E-state index contributed by atoms with van der Waals surface area (Å²) < 4.78 is 30.5. The van der Waals surface area contributed by atoms with E-state index < -0.39 is 12.5 Å². The minimum absolute atomic E-state index is 0.124. The summed E-state index contributed by atoms with van der Waals surface area (Å²) in [6.07, 6.45) is 7.05. The monoisotopic (exact) mass is 327 g/mol. The summed E-state index contributed by atoms with van der Waals surface area (Å²) in [5.74, 6) is -2.78. The molecule has 0 saturated heterocycles. The lowest BCUT2D eigenvalue weighted by Crippen LogP contribution is -2.42. The number of hydrogen-bond donors (Lipinski definition) is 2. The van der Waals surface area contributed by atoms with Crippen LogP contribution in [-0.4, -0.2) is 29.6 Å². The number of hydrogen-bond acceptors (Lipinski definition) is 3. The topological polar surface area (TPSA) is 63.2 Å². The number of ether oxygens (including phenoxy) is 1. The Hall–Kier alpha value is -1.92. The van der Waals surface area contributed by atoms with Crippen molar-refractivity contribution in [1.29, 1.82) is 0 Å². The number of halogens is 2. The number of rotatable bonds is 6. The first kappa shape index (κ1) is 17.4. The van der Waals surface area contributed by atoms with Crippen LogP contribution < -0.4 is 15.4 Å². The Labute approximate surface area is 134 Å². The highest BCUT2D eigenvalue weighted by molar-refractivity contribution is 5.74. The van der Waals surface area contributed by atoms with E-state index >= 15 is 0 Å². The highest BCUT2D eigenvalue weighted by Crippen LogP contribution is 2.17. The molecule has 0 aromatic carbocycles. The quantitative estimate of drug-likeness (QED) is 0.843. The molecule has 1 heterocycles. The van der Waals surface area contributed by atoms with Crippen LogP contribution in [0, 0.1) is 0 Å². The van der Waals surface area contributed by atoms with E-state index in [9.17, 15) is 13.6 Å². The molecule has 0 radical (unpaired) electrons. The minimum Gasteiger partial charge on any atom is -0.471 e. The van der Waals surface area contributed by atoms with E-state index in [2.05, 4.69) is 15.6 Å². The average Bonchev–Trinajstić information content (AvgIpc) is 2.52. The van der Waals surface area contributed by atoms with Gasteiger partial charge in [0.25, 0.3) is 5.92 Å². The molecule has 128 valence electrons. The summed E-state index contributed by atoms with van der Waals surface area (Å²) in [6, 6.07) is 3.29. The minimum atomic E-state index is -2.91. The first-order valence-corrected chi connectivity index (χ1v) is 7.92. The van der Waals surface area contributed by atoms with Gasteiger partial charge in [-0.3, -0.25) is 0 Å². The van der Waals surface area contributed by atoms with Crippen molar-refractivity contribution in [1.82, 2.24) is 15.6 Å². The summed E-state index contributed by atoms with van der Waals surface area (Å²) in [5, 5.41) is 5.72. The van der Waals surface area contributed by atoms with Crippen LogP contribution in [0.1, 0.15) is 44.6 Å². The first-order valence-electron chi connectivity index (χ1n) is 7.92. The van der Waals surface area contributed by atoms with Gasteiger partial charge in [-0.2, -0.15) is 0 Å². The van der Waals surface area contributed by atoms with Gasteiger partial charge in [0.2, 0.25) is 5.88 Å². The van der Waals surface area contributed by atoms with Crippen molar-refractivity contribution in [3.8, 4) is 5.88 Å². The molecule has 1 aromatic heterocycles. The zero-order chi connectivity index (χ0) is 16.7. The van der Waals surface area contributed by atoms with Crippen molar-refractivity contribution in [2.45, 2.75) is 57.5 Å². The van der Waals surface area contributed by atoms with Gasteiger partial charge < -0.3 is 15.4 Å². The molecular formula is C16H23F2N3O2. The second-order valence-electron chi connectivity index (χ2n) is 6.02. The fraction of sp³-hybridized carbons (Fsp3) is 0.625. The SMILES string of the molecule is CC(F)(F)COc1cc(CNC(=O)NC2CCCCC2)ccn1. The molecule has 7 heteroatoms. The number of carbonyl (C=O) groups is 1. The van der Waals surface area contributed by atoms with Crippen LogP contribution >= 0.6 is 0 Å². The first-order chi connectivity index (χ1) is 10.9. The zero-order valence-electron chi connectivity index (χ0n) is 13.3. The third kappa shape index (κ3) is 6.80. The van der Waals surface area contributed by atoms with Crippen molar-refractivity contribution < 1.29 is 18.3 Å². The van der Waals surface area contributed by atoms with Gasteiger partial charge in [-0.05, 0) is 24.5 Å². The lowest BCUT2D eigenvalue weighted by atomic mass is 9.96. The standard InChI is InChI=1S/C16H23F2N3O2/c1-16(17,18)11-23-14-9-12(7-8-19-14)10-20-15(22)21-13-5-3-2-4-6-13/h7-9,13H,2-6,10-11H2,1H3,(H2,20,21,22). The Bertz CT molecular complexity index is 514. The van der Waals surface area contributed by atoms with Gasteiger partial charge in [0.05, 0.1) is 0 Å². The van der Waals surface area contributed by atoms with Crippen molar-refractivity contribution >= 4 is 6.03 Å². The molecule has 1 fully saturated rings. The van der Waals surface area contributed by atoms with Crippen molar-refractivity contribution in [2.75, 3.05) is 6.61 Å². The van der Waals surface area contributed by atoms with Crippen LogP contribution in [0.15, 0.2) is 18.3 Å². The molecule has 23 heavy (non-hydrogen) atoms. The summed E-state index contributed by atoms with van der Waals surface area (Å²) in [4.78, 5) is 15.7. The summed E-state index contributed by atoms with van der Waals surface area (Å²) in [5.41, 5.74) is 0.744. The van der Waals surface area contributed by atoms with Gasteiger partial charge >= 0.3 is 6.03 Å². The van der Waals surface area contributed by atoms with Crippen LogP contribution in [0.25, 0.3) is 0 Å². The molecule has 1 saturated carbocycles. The van der Waals surface area contributed by atoms with E-state index in [4.69, 9.17) is 4.74 Å². The Morgan fingerprint density at radius 3 is 2.83 bits per heavy atom. The van der Waals surface area contributed by atoms with E-state index in [0.717, 1.165) is 38.2 Å². The number of alkyl halides is 2. The van der Waals surface area contributed by atoms with Crippen LogP contribution in [-0.2, 0) is 6.54 Å². The molecule has 1 aliphatic carbocycles. The Balaban J connectivity index is 1.77. The molecule has 2 rings (SSSR count). The van der Waals surface area contributed by atoms with Gasteiger partial charge in [-0.15, -0.1) is 0 Å². The van der Waals surface area contributed by atoms with Crippen LogP contribution in [0.3, 0.4) is 0 Å². The molecule has 0 unspecified atom stereocenters. The van der Waals surface area contributed by atoms with Gasteiger partial charge in [0.15, 0.2) is 6.61 Å². The smallest absolute Gasteiger partial charge is 0.315 e. The van der Waals surface area contributed by atoms with Crippen LogP contribution in [0.4, 0.5) is 13.6 Å². The molecule has 0 aliphatic heterocycles. The van der Waals surface area contributed by atoms with Crippen molar-refractivity contribution in [2.24, 2.45) is 0 Å². The summed E-state index contributed by atoms with van der Waals surface area (Å²) in [6.45, 7) is 0.354. The fourth-order valence-corrected chi connectivity index (χ4v) is 2.51.